The molecule has 2 rings (SSSR count). The summed E-state index contributed by atoms with van der Waals surface area (Å²) in [4.78, 5) is 9.54. The van der Waals surface area contributed by atoms with Crippen molar-refractivity contribution in [2.45, 2.75) is 12.8 Å². The minimum atomic E-state index is 0.670. The summed E-state index contributed by atoms with van der Waals surface area (Å²) in [7, 11) is 4.32. The maximum atomic E-state index is 8.36. The van der Waals surface area contributed by atoms with Crippen molar-refractivity contribution in [1.29, 1.82) is 5.26 Å². The largest absolute Gasteiger partial charge is 0.330 e. The maximum Gasteiger partial charge on any atom is 0.0635 e. The molecule has 2 N–H and O–H groups in total. The fraction of sp³-hybridized carbons (Fsp3) is 0.938. The third kappa shape index (κ3) is 8.66. The second-order valence-electron chi connectivity index (χ2n) is 6.34. The molecule has 0 bridgehead atoms. The molecule has 0 saturated carbocycles. The molecule has 2 saturated heterocycles. The minimum Gasteiger partial charge on any atom is -0.330 e. The third-order valence-corrected chi connectivity index (χ3v) is 4.41. The van der Waals surface area contributed by atoms with Crippen molar-refractivity contribution in [2.75, 3.05) is 86.1 Å². The van der Waals surface area contributed by atoms with Gasteiger partial charge in [0.1, 0.15) is 0 Å². The Morgan fingerprint density at radius 1 is 0.818 bits per heavy atom. The Kier molecular flexibility index (Phi) is 10.4. The first-order chi connectivity index (χ1) is 10.7. The van der Waals surface area contributed by atoms with Crippen LogP contribution in [-0.2, 0) is 0 Å². The molecule has 0 aliphatic carbocycles. The molecule has 6 heteroatoms. The van der Waals surface area contributed by atoms with Gasteiger partial charge in [-0.1, -0.05) is 0 Å². The number of hydrogen-bond acceptors (Lipinski definition) is 6. The number of nitrogens with zero attached hydrogens (tertiary/aromatic N) is 5. The van der Waals surface area contributed by atoms with Crippen LogP contribution in [0.4, 0.5) is 0 Å². The minimum absolute atomic E-state index is 0.670. The van der Waals surface area contributed by atoms with Gasteiger partial charge in [-0.3, -0.25) is 4.90 Å². The van der Waals surface area contributed by atoms with Gasteiger partial charge in [-0.25, -0.2) is 0 Å². The standard InChI is InChI=1S/C8H19N3.C8H15N3/c2*1-10-5-7-11(8-6-10)4-2-3-9/h2-9H2,1H3;2,4-8H2,1H3. The van der Waals surface area contributed by atoms with Gasteiger partial charge in [0, 0.05) is 65.3 Å². The highest BCUT2D eigenvalue weighted by Gasteiger charge is 2.12. The Morgan fingerprint density at radius 2 is 1.27 bits per heavy atom. The lowest BCUT2D eigenvalue weighted by molar-refractivity contribution is 0.153. The zero-order chi connectivity index (χ0) is 16.2. The number of rotatable bonds is 5. The molecule has 2 heterocycles. The van der Waals surface area contributed by atoms with E-state index in [1.54, 1.807) is 0 Å². The van der Waals surface area contributed by atoms with E-state index in [1.165, 1.54) is 32.7 Å². The van der Waals surface area contributed by atoms with Crippen molar-refractivity contribution in [2.24, 2.45) is 5.73 Å². The zero-order valence-electron chi connectivity index (χ0n) is 14.5. The Bertz CT molecular complexity index is 297. The SMILES string of the molecule is CN1CCN(CCC#N)CC1.CN1CCN(CCCN)CC1. The van der Waals surface area contributed by atoms with Crippen LogP contribution in [0.5, 0.6) is 0 Å². The Morgan fingerprint density at radius 3 is 1.68 bits per heavy atom. The van der Waals surface area contributed by atoms with Gasteiger partial charge in [-0.05, 0) is 33.6 Å². The summed E-state index contributed by atoms with van der Waals surface area (Å²) in [6, 6.07) is 2.17. The topological polar surface area (TPSA) is 62.8 Å². The smallest absolute Gasteiger partial charge is 0.0635 e. The van der Waals surface area contributed by atoms with E-state index < -0.39 is 0 Å². The summed E-state index contributed by atoms with van der Waals surface area (Å²) in [5.74, 6) is 0. The lowest BCUT2D eigenvalue weighted by Crippen LogP contribution is -2.44. The highest BCUT2D eigenvalue weighted by Crippen LogP contribution is 1.99. The van der Waals surface area contributed by atoms with Gasteiger partial charge in [0.15, 0.2) is 0 Å². The van der Waals surface area contributed by atoms with Crippen LogP contribution in [0.2, 0.25) is 0 Å². The second kappa shape index (κ2) is 11.8. The number of likely N-dealkylation sites (N-methyl/N-ethyl adjacent to an activating group) is 2. The molecule has 0 atom stereocenters. The molecule has 6 nitrogen and oxygen atoms in total. The predicted molar refractivity (Wildman–Crippen MR) is 91.8 cm³/mol. The van der Waals surface area contributed by atoms with Crippen molar-refractivity contribution >= 4 is 0 Å². The fourth-order valence-corrected chi connectivity index (χ4v) is 2.67. The van der Waals surface area contributed by atoms with Crippen molar-refractivity contribution in [3.05, 3.63) is 0 Å². The Hall–Kier alpha value is -0.710. The first kappa shape index (κ1) is 19.3. The van der Waals surface area contributed by atoms with Crippen LogP contribution in [-0.4, -0.2) is 106 Å². The van der Waals surface area contributed by atoms with E-state index in [0.29, 0.717) is 6.42 Å². The van der Waals surface area contributed by atoms with Gasteiger partial charge in [-0.15, -0.1) is 0 Å². The molecule has 0 aromatic heterocycles. The summed E-state index contributed by atoms with van der Waals surface area (Å²) in [5.41, 5.74) is 5.44. The van der Waals surface area contributed by atoms with Crippen LogP contribution in [0.25, 0.3) is 0 Å². The second-order valence-corrected chi connectivity index (χ2v) is 6.34. The fourth-order valence-electron chi connectivity index (χ4n) is 2.67. The molecule has 128 valence electrons. The maximum absolute atomic E-state index is 8.36. The van der Waals surface area contributed by atoms with Crippen molar-refractivity contribution in [3.63, 3.8) is 0 Å². The van der Waals surface area contributed by atoms with Gasteiger partial charge >= 0.3 is 0 Å². The van der Waals surface area contributed by atoms with Crippen LogP contribution in [0, 0.1) is 11.3 Å². The molecular weight excluding hydrogens is 276 g/mol. The van der Waals surface area contributed by atoms with Crippen LogP contribution in [0.3, 0.4) is 0 Å². The quantitative estimate of drug-likeness (QED) is 0.754. The molecule has 0 unspecified atom stereocenters. The third-order valence-electron chi connectivity index (χ3n) is 4.41. The van der Waals surface area contributed by atoms with Crippen molar-refractivity contribution < 1.29 is 0 Å². The monoisotopic (exact) mass is 310 g/mol. The molecular formula is C16H34N6. The molecule has 0 spiro atoms. The molecule has 2 aliphatic heterocycles. The molecule has 22 heavy (non-hydrogen) atoms. The van der Waals surface area contributed by atoms with E-state index >= 15 is 0 Å². The predicted octanol–water partition coefficient (Wildman–Crippen LogP) is -0.270. The van der Waals surface area contributed by atoms with Crippen LogP contribution in [0.15, 0.2) is 0 Å². The van der Waals surface area contributed by atoms with E-state index in [-0.39, 0.29) is 0 Å². The zero-order valence-corrected chi connectivity index (χ0v) is 14.5. The van der Waals surface area contributed by atoms with E-state index in [0.717, 1.165) is 45.7 Å². The van der Waals surface area contributed by atoms with Crippen LogP contribution < -0.4 is 5.73 Å². The lowest BCUT2D eigenvalue weighted by atomic mass is 10.3. The summed E-state index contributed by atoms with van der Waals surface area (Å²) in [6.07, 6.45) is 1.81. The van der Waals surface area contributed by atoms with Gasteiger partial charge in [0.2, 0.25) is 0 Å². The van der Waals surface area contributed by atoms with Gasteiger partial charge in [-0.2, -0.15) is 5.26 Å². The number of piperazine rings is 2. The molecule has 2 fully saturated rings. The van der Waals surface area contributed by atoms with Crippen LogP contribution >= 0.6 is 0 Å². The summed E-state index contributed by atoms with van der Waals surface area (Å²) in [5, 5.41) is 8.36. The Balaban J connectivity index is 0.000000220. The highest BCUT2D eigenvalue weighted by atomic mass is 15.2. The van der Waals surface area contributed by atoms with Gasteiger partial charge < -0.3 is 20.4 Å². The average Bonchev–Trinajstić information content (AvgIpc) is 2.54. The van der Waals surface area contributed by atoms with E-state index in [1.807, 2.05) is 0 Å². The molecule has 0 aromatic carbocycles. The van der Waals surface area contributed by atoms with Crippen LogP contribution in [0.1, 0.15) is 12.8 Å². The Labute approximate surface area is 136 Å². The number of hydrogen-bond donors (Lipinski definition) is 1. The first-order valence-electron chi connectivity index (χ1n) is 8.54. The van der Waals surface area contributed by atoms with Gasteiger partial charge in [0.25, 0.3) is 0 Å². The molecule has 0 amide bonds. The summed E-state index contributed by atoms with van der Waals surface area (Å²) >= 11 is 0. The summed E-state index contributed by atoms with van der Waals surface area (Å²) < 4.78 is 0. The van der Waals surface area contributed by atoms with Gasteiger partial charge in [0.05, 0.1) is 6.07 Å². The van der Waals surface area contributed by atoms with Crippen molar-refractivity contribution in [3.8, 4) is 6.07 Å². The molecule has 0 aromatic rings. The lowest BCUT2D eigenvalue weighted by Gasteiger charge is -2.32. The van der Waals surface area contributed by atoms with E-state index in [4.69, 9.17) is 11.0 Å². The summed E-state index contributed by atoms with van der Waals surface area (Å²) in [6.45, 7) is 12.4. The molecule has 0 radical (unpaired) electrons. The van der Waals surface area contributed by atoms with E-state index in [9.17, 15) is 0 Å². The highest BCUT2D eigenvalue weighted by molar-refractivity contribution is 4.75. The van der Waals surface area contributed by atoms with E-state index in [2.05, 4.69) is 39.8 Å². The average molecular weight is 310 g/mol. The molecule has 2 aliphatic rings. The normalized spacial score (nSPS) is 21.9. The number of nitrogens with two attached hydrogens (primary N) is 1. The number of nitriles is 1. The van der Waals surface area contributed by atoms with Crippen molar-refractivity contribution in [1.82, 2.24) is 19.6 Å². The first-order valence-corrected chi connectivity index (χ1v) is 8.54.